The predicted octanol–water partition coefficient (Wildman–Crippen LogP) is 2.59. The van der Waals surface area contributed by atoms with Gasteiger partial charge in [-0.2, -0.15) is 0 Å². The molecule has 2 aromatic rings. The van der Waals surface area contributed by atoms with Crippen molar-refractivity contribution >= 4 is 17.8 Å². The third-order valence-corrected chi connectivity index (χ3v) is 6.25. The standard InChI is InChI=1S/C23H27N5O2/c1-16(29)27-11-8-17(9-12-27)15-28-21(30)23(2,26-22(28)24)20-7-3-5-18(13-20)19-6-4-10-25-14-19/h3-7,10,13-14,17H,8-9,11-12,15H2,1-2H3,(H2,24,26). The molecule has 2 aliphatic heterocycles. The number of guanidine groups is 1. The lowest BCUT2D eigenvalue weighted by atomic mass is 9.89. The van der Waals surface area contributed by atoms with Crippen LogP contribution in [0.15, 0.2) is 48.8 Å². The Morgan fingerprint density at radius 1 is 1.23 bits per heavy atom. The second-order valence-electron chi connectivity index (χ2n) is 8.29. The van der Waals surface area contributed by atoms with Gasteiger partial charge in [0.05, 0.1) is 0 Å². The fourth-order valence-electron chi connectivity index (χ4n) is 4.33. The number of piperidine rings is 1. The maximum atomic E-state index is 13.4. The number of carbonyl (C=O) groups is 2. The van der Waals surface area contributed by atoms with Gasteiger partial charge in [-0.3, -0.25) is 24.9 Å². The maximum absolute atomic E-state index is 13.4. The minimum absolute atomic E-state index is 0.0983. The molecule has 1 atom stereocenters. The van der Waals surface area contributed by atoms with Gasteiger partial charge in [0.15, 0.2) is 5.96 Å². The van der Waals surface area contributed by atoms with E-state index in [0.29, 0.717) is 19.6 Å². The molecule has 1 aromatic carbocycles. The number of likely N-dealkylation sites (tertiary alicyclic amines) is 1. The molecule has 1 aromatic heterocycles. The van der Waals surface area contributed by atoms with E-state index < -0.39 is 5.54 Å². The lowest BCUT2D eigenvalue weighted by molar-refractivity contribution is -0.133. The molecule has 30 heavy (non-hydrogen) atoms. The first-order valence-corrected chi connectivity index (χ1v) is 10.3. The van der Waals surface area contributed by atoms with E-state index >= 15 is 0 Å². The topological polar surface area (TPSA) is 89.4 Å². The molecule has 0 aliphatic carbocycles. The molecular weight excluding hydrogens is 378 g/mol. The van der Waals surface area contributed by atoms with Crippen molar-refractivity contribution in [3.8, 4) is 11.1 Å². The lowest BCUT2D eigenvalue weighted by Gasteiger charge is -2.33. The third kappa shape index (κ3) is 3.67. The van der Waals surface area contributed by atoms with Crippen molar-refractivity contribution in [2.24, 2.45) is 5.92 Å². The summed E-state index contributed by atoms with van der Waals surface area (Å²) >= 11 is 0. The second-order valence-corrected chi connectivity index (χ2v) is 8.29. The molecule has 2 amide bonds. The summed E-state index contributed by atoms with van der Waals surface area (Å²) in [4.78, 5) is 32.5. The molecule has 2 N–H and O–H groups in total. The van der Waals surface area contributed by atoms with E-state index in [0.717, 1.165) is 29.5 Å². The normalized spacial score (nSPS) is 22.3. The van der Waals surface area contributed by atoms with Crippen LogP contribution in [-0.2, 0) is 15.1 Å². The Balaban J connectivity index is 1.51. The highest BCUT2D eigenvalue weighted by molar-refractivity contribution is 6.08. The van der Waals surface area contributed by atoms with Crippen molar-refractivity contribution in [2.75, 3.05) is 19.6 Å². The first-order valence-electron chi connectivity index (χ1n) is 10.3. The molecule has 0 radical (unpaired) electrons. The zero-order chi connectivity index (χ0) is 21.3. The molecule has 4 rings (SSSR count). The maximum Gasteiger partial charge on any atom is 0.259 e. The monoisotopic (exact) mass is 405 g/mol. The van der Waals surface area contributed by atoms with Crippen molar-refractivity contribution in [1.82, 2.24) is 20.1 Å². The molecule has 3 heterocycles. The average Bonchev–Trinajstić information content (AvgIpc) is 2.99. The third-order valence-electron chi connectivity index (χ3n) is 6.25. The highest BCUT2D eigenvalue weighted by atomic mass is 16.2. The number of hydrogen-bond donors (Lipinski definition) is 2. The fourth-order valence-corrected chi connectivity index (χ4v) is 4.33. The number of carbonyl (C=O) groups excluding carboxylic acids is 2. The number of rotatable bonds is 4. The summed E-state index contributed by atoms with van der Waals surface area (Å²) in [6, 6.07) is 11.7. The second kappa shape index (κ2) is 7.89. The summed E-state index contributed by atoms with van der Waals surface area (Å²) in [5.41, 5.74) is 1.82. The van der Waals surface area contributed by atoms with Gasteiger partial charge < -0.3 is 10.2 Å². The van der Waals surface area contributed by atoms with Crippen molar-refractivity contribution in [1.29, 1.82) is 5.41 Å². The highest BCUT2D eigenvalue weighted by Crippen LogP contribution is 2.32. The van der Waals surface area contributed by atoms with Crippen LogP contribution in [0.4, 0.5) is 0 Å². The van der Waals surface area contributed by atoms with E-state index in [2.05, 4.69) is 10.3 Å². The van der Waals surface area contributed by atoms with Gasteiger partial charge in [0, 0.05) is 39.0 Å². The molecule has 7 heteroatoms. The SMILES string of the molecule is CC(=O)N1CCC(CN2C(=N)NC(C)(c3cccc(-c4cccnc4)c3)C2=O)CC1. The average molecular weight is 406 g/mol. The van der Waals surface area contributed by atoms with E-state index in [1.54, 1.807) is 24.2 Å². The Kier molecular flexibility index (Phi) is 5.28. The van der Waals surface area contributed by atoms with Gasteiger partial charge in [0.1, 0.15) is 5.54 Å². The summed E-state index contributed by atoms with van der Waals surface area (Å²) < 4.78 is 0. The van der Waals surface area contributed by atoms with Gasteiger partial charge in [-0.1, -0.05) is 24.3 Å². The molecule has 0 bridgehead atoms. The van der Waals surface area contributed by atoms with Crippen LogP contribution in [-0.4, -0.2) is 52.2 Å². The first-order chi connectivity index (χ1) is 14.4. The van der Waals surface area contributed by atoms with E-state index in [9.17, 15) is 9.59 Å². The zero-order valence-electron chi connectivity index (χ0n) is 17.4. The van der Waals surface area contributed by atoms with Crippen molar-refractivity contribution < 1.29 is 9.59 Å². The Bertz CT molecular complexity index is 969. The van der Waals surface area contributed by atoms with Crippen molar-refractivity contribution in [3.63, 3.8) is 0 Å². The predicted molar refractivity (Wildman–Crippen MR) is 115 cm³/mol. The first kappa shape index (κ1) is 20.1. The quantitative estimate of drug-likeness (QED) is 0.818. The number of amides is 2. The van der Waals surface area contributed by atoms with Crippen LogP contribution >= 0.6 is 0 Å². The van der Waals surface area contributed by atoms with Gasteiger partial charge in [-0.25, -0.2) is 0 Å². The van der Waals surface area contributed by atoms with Crippen LogP contribution < -0.4 is 5.32 Å². The number of nitrogens with one attached hydrogen (secondary N) is 2. The van der Waals surface area contributed by atoms with E-state index in [-0.39, 0.29) is 23.7 Å². The molecule has 2 fully saturated rings. The van der Waals surface area contributed by atoms with E-state index in [1.807, 2.05) is 48.2 Å². The molecule has 156 valence electrons. The molecule has 1 unspecified atom stereocenters. The minimum Gasteiger partial charge on any atom is -0.343 e. The molecule has 2 saturated heterocycles. The Morgan fingerprint density at radius 2 is 1.97 bits per heavy atom. The molecule has 7 nitrogen and oxygen atoms in total. The molecule has 2 aliphatic rings. The molecule has 0 saturated carbocycles. The van der Waals surface area contributed by atoms with Crippen LogP contribution in [0, 0.1) is 11.3 Å². The van der Waals surface area contributed by atoms with Gasteiger partial charge in [-0.05, 0) is 54.5 Å². The summed E-state index contributed by atoms with van der Waals surface area (Å²) in [7, 11) is 0. The number of aromatic nitrogens is 1. The number of nitrogens with zero attached hydrogens (tertiary/aromatic N) is 3. The fraction of sp³-hybridized carbons (Fsp3) is 0.391. The largest absolute Gasteiger partial charge is 0.343 e. The number of pyridine rings is 1. The highest BCUT2D eigenvalue weighted by Gasteiger charge is 2.47. The summed E-state index contributed by atoms with van der Waals surface area (Å²) in [6.45, 7) is 5.37. The number of hydrogen-bond acceptors (Lipinski definition) is 4. The Hall–Kier alpha value is -3.22. The molecule has 0 spiro atoms. The Morgan fingerprint density at radius 3 is 2.63 bits per heavy atom. The van der Waals surface area contributed by atoms with Crippen molar-refractivity contribution in [3.05, 3.63) is 54.4 Å². The summed E-state index contributed by atoms with van der Waals surface area (Å²) in [5.74, 6) is 0.421. The van der Waals surface area contributed by atoms with Crippen LogP contribution in [0.2, 0.25) is 0 Å². The van der Waals surface area contributed by atoms with Gasteiger partial charge in [-0.15, -0.1) is 0 Å². The summed E-state index contributed by atoms with van der Waals surface area (Å²) in [6.07, 6.45) is 5.23. The number of benzene rings is 1. The van der Waals surface area contributed by atoms with Gasteiger partial charge in [0.25, 0.3) is 5.91 Å². The lowest BCUT2D eigenvalue weighted by Crippen LogP contribution is -2.43. The molecular formula is C23H27N5O2. The smallest absolute Gasteiger partial charge is 0.259 e. The van der Waals surface area contributed by atoms with Crippen LogP contribution in [0.3, 0.4) is 0 Å². The van der Waals surface area contributed by atoms with E-state index in [1.165, 1.54) is 0 Å². The Labute approximate surface area is 176 Å². The van der Waals surface area contributed by atoms with Crippen molar-refractivity contribution in [2.45, 2.75) is 32.2 Å². The van der Waals surface area contributed by atoms with E-state index in [4.69, 9.17) is 5.41 Å². The summed E-state index contributed by atoms with van der Waals surface area (Å²) in [5, 5.41) is 11.5. The minimum atomic E-state index is -0.977. The van der Waals surface area contributed by atoms with Gasteiger partial charge in [0.2, 0.25) is 5.91 Å². The van der Waals surface area contributed by atoms with Crippen LogP contribution in [0.25, 0.3) is 11.1 Å². The van der Waals surface area contributed by atoms with Crippen LogP contribution in [0.1, 0.15) is 32.3 Å². The zero-order valence-corrected chi connectivity index (χ0v) is 17.4. The van der Waals surface area contributed by atoms with Crippen LogP contribution in [0.5, 0.6) is 0 Å². The van der Waals surface area contributed by atoms with Gasteiger partial charge >= 0.3 is 0 Å².